The highest BCUT2D eigenvalue weighted by Gasteiger charge is 2.39. The lowest BCUT2D eigenvalue weighted by atomic mass is 9.90. The molecule has 2 N–H and O–H groups in total. The SMILES string of the molecule is CC(C)CN(c1cc(F)c(Br)cc1N)C1CCC(F)(F)CC1.CC(C)CN(c1cc(F)c(Br)cc1[N+](=O)[O-])C1CCC(F)(F)CC1. The van der Waals surface area contributed by atoms with Gasteiger partial charge >= 0.3 is 0 Å². The number of nitrogen functional groups attached to an aromatic ring is 1. The summed E-state index contributed by atoms with van der Waals surface area (Å²) in [5, 5.41) is 11.4. The second-order valence-electron chi connectivity index (χ2n) is 13.1. The maximum atomic E-state index is 14.0. The van der Waals surface area contributed by atoms with E-state index in [0.717, 1.165) is 12.1 Å². The molecule has 6 nitrogen and oxygen atoms in total. The number of nitrogens with zero attached hydrogens (tertiary/aromatic N) is 3. The zero-order valence-corrected chi connectivity index (χ0v) is 29.6. The van der Waals surface area contributed by atoms with E-state index in [4.69, 9.17) is 5.73 Å². The first-order valence-corrected chi connectivity index (χ1v) is 17.1. The summed E-state index contributed by atoms with van der Waals surface area (Å²) in [5.41, 5.74) is 7.04. The molecule has 2 aliphatic carbocycles. The summed E-state index contributed by atoms with van der Waals surface area (Å²) in [6, 6.07) is 4.91. The van der Waals surface area contributed by atoms with Crippen LogP contribution in [0.1, 0.15) is 79.1 Å². The first kappa shape index (κ1) is 38.2. The third-order valence-electron chi connectivity index (χ3n) is 8.28. The lowest BCUT2D eigenvalue weighted by Gasteiger charge is -2.39. The lowest BCUT2D eigenvalue weighted by Crippen LogP contribution is -2.43. The third-order valence-corrected chi connectivity index (χ3v) is 9.50. The number of nitro groups is 1. The number of nitrogens with two attached hydrogens (primary N) is 1. The van der Waals surface area contributed by atoms with Gasteiger partial charge in [0, 0.05) is 69.1 Å². The van der Waals surface area contributed by atoms with Crippen molar-refractivity contribution in [2.45, 2.75) is 103 Å². The molecule has 2 aliphatic rings. The summed E-state index contributed by atoms with van der Waals surface area (Å²) in [4.78, 5) is 14.5. The molecule has 2 saturated carbocycles. The first-order valence-electron chi connectivity index (χ1n) is 15.5. The van der Waals surface area contributed by atoms with E-state index in [0.29, 0.717) is 47.7 Å². The monoisotopic (exact) mass is 786 g/mol. The summed E-state index contributed by atoms with van der Waals surface area (Å²) in [7, 11) is 0. The maximum Gasteiger partial charge on any atom is 0.293 e. The van der Waals surface area contributed by atoms with Crippen LogP contribution in [0.15, 0.2) is 33.2 Å². The molecule has 2 aromatic rings. The molecule has 46 heavy (non-hydrogen) atoms. The van der Waals surface area contributed by atoms with E-state index in [2.05, 4.69) is 45.7 Å². The van der Waals surface area contributed by atoms with Crippen LogP contribution in [0.2, 0.25) is 0 Å². The molecular weight excluding hydrogens is 746 g/mol. The van der Waals surface area contributed by atoms with Crippen LogP contribution in [0, 0.1) is 33.6 Å². The minimum Gasteiger partial charge on any atom is -0.397 e. The van der Waals surface area contributed by atoms with E-state index in [-0.39, 0.29) is 78.2 Å². The molecule has 4 rings (SSSR count). The van der Waals surface area contributed by atoms with Crippen molar-refractivity contribution in [2.75, 3.05) is 28.6 Å². The average molecular weight is 789 g/mol. The molecule has 0 spiro atoms. The van der Waals surface area contributed by atoms with Gasteiger partial charge in [0.15, 0.2) is 0 Å². The normalized spacial score (nSPS) is 18.3. The molecule has 0 amide bonds. The largest absolute Gasteiger partial charge is 0.397 e. The van der Waals surface area contributed by atoms with Gasteiger partial charge < -0.3 is 15.5 Å². The average Bonchev–Trinajstić information content (AvgIpc) is 2.94. The summed E-state index contributed by atoms with van der Waals surface area (Å²) in [5.74, 6) is -5.77. The molecule has 0 heterocycles. The standard InChI is InChI=1S/C16H20BrF3N2O2.C16H22BrF3N2/c1-10(2)9-21(11-3-5-16(19,20)6-4-11)14-8-13(18)12(17)7-15(14)22(23)24;1-10(2)9-22(11-3-5-16(19,20)6-4-11)15-8-13(18)12(17)7-14(15)21/h7-8,10-11H,3-6,9H2,1-2H3;7-8,10-11H,3-6,9,21H2,1-2H3. The lowest BCUT2D eigenvalue weighted by molar-refractivity contribution is -0.384. The van der Waals surface area contributed by atoms with E-state index >= 15 is 0 Å². The van der Waals surface area contributed by atoms with Gasteiger partial charge in [0.1, 0.15) is 17.3 Å². The highest BCUT2D eigenvalue weighted by atomic mass is 79.9. The molecular formula is C32H42Br2F6N4O2. The van der Waals surface area contributed by atoms with E-state index < -0.39 is 22.6 Å². The van der Waals surface area contributed by atoms with Gasteiger partial charge in [0.05, 0.1) is 25.2 Å². The minimum atomic E-state index is -2.68. The fourth-order valence-corrected chi connectivity index (χ4v) is 6.74. The number of benzene rings is 2. The van der Waals surface area contributed by atoms with Crippen molar-refractivity contribution in [3.8, 4) is 0 Å². The molecule has 0 radical (unpaired) electrons. The van der Waals surface area contributed by atoms with Crippen LogP contribution < -0.4 is 15.5 Å². The predicted molar refractivity (Wildman–Crippen MR) is 178 cm³/mol. The Hall–Kier alpha value is -2.22. The van der Waals surface area contributed by atoms with Gasteiger partial charge in [-0.1, -0.05) is 27.7 Å². The van der Waals surface area contributed by atoms with Crippen molar-refractivity contribution in [1.82, 2.24) is 0 Å². The minimum absolute atomic E-state index is 0.0117. The Kier molecular flexibility index (Phi) is 13.1. The van der Waals surface area contributed by atoms with Gasteiger partial charge in [-0.05, 0) is 75.4 Å². The van der Waals surface area contributed by atoms with Crippen molar-refractivity contribution < 1.29 is 31.3 Å². The van der Waals surface area contributed by atoms with Crippen LogP contribution in [0.5, 0.6) is 0 Å². The summed E-state index contributed by atoms with van der Waals surface area (Å²) < 4.78 is 81.9. The number of rotatable bonds is 9. The highest BCUT2D eigenvalue weighted by Crippen LogP contribution is 2.41. The second-order valence-corrected chi connectivity index (χ2v) is 14.8. The summed E-state index contributed by atoms with van der Waals surface area (Å²) in [6.45, 7) is 9.09. The topological polar surface area (TPSA) is 75.6 Å². The van der Waals surface area contributed by atoms with Crippen molar-refractivity contribution in [2.24, 2.45) is 11.8 Å². The molecule has 0 aromatic heterocycles. The molecule has 0 unspecified atom stereocenters. The number of hydrogen-bond acceptors (Lipinski definition) is 5. The van der Waals surface area contributed by atoms with E-state index in [9.17, 15) is 36.5 Å². The van der Waals surface area contributed by atoms with E-state index in [1.165, 1.54) is 12.1 Å². The quantitative estimate of drug-likeness (QED) is 0.119. The zero-order valence-electron chi connectivity index (χ0n) is 26.4. The van der Waals surface area contributed by atoms with E-state index in [1.807, 2.05) is 18.7 Å². The molecule has 258 valence electrons. The molecule has 14 heteroatoms. The summed E-state index contributed by atoms with van der Waals surface area (Å²) in [6.07, 6.45) is 0.519. The summed E-state index contributed by atoms with van der Waals surface area (Å²) >= 11 is 6.08. The van der Waals surface area contributed by atoms with Gasteiger partial charge in [-0.15, -0.1) is 0 Å². The smallest absolute Gasteiger partial charge is 0.293 e. The number of alkyl halides is 4. The van der Waals surface area contributed by atoms with Gasteiger partial charge in [0.2, 0.25) is 11.8 Å². The number of nitro benzene ring substituents is 1. The number of hydrogen-bond donors (Lipinski definition) is 1. The van der Waals surface area contributed by atoms with Crippen LogP contribution in [-0.2, 0) is 0 Å². The van der Waals surface area contributed by atoms with Crippen molar-refractivity contribution >= 4 is 54.6 Å². The Morgan fingerprint density at radius 3 is 1.54 bits per heavy atom. The van der Waals surface area contributed by atoms with Crippen LogP contribution in [0.25, 0.3) is 0 Å². The highest BCUT2D eigenvalue weighted by molar-refractivity contribution is 9.10. The van der Waals surface area contributed by atoms with Crippen molar-refractivity contribution in [3.05, 3.63) is 55.0 Å². The number of anilines is 3. The van der Waals surface area contributed by atoms with Gasteiger partial charge in [-0.3, -0.25) is 10.1 Å². The molecule has 0 aliphatic heterocycles. The van der Waals surface area contributed by atoms with Crippen LogP contribution in [-0.4, -0.2) is 41.9 Å². The van der Waals surface area contributed by atoms with Crippen LogP contribution in [0.4, 0.5) is 49.1 Å². The number of halogens is 8. The Morgan fingerprint density at radius 2 is 1.15 bits per heavy atom. The van der Waals surface area contributed by atoms with Crippen molar-refractivity contribution in [1.29, 1.82) is 0 Å². The molecule has 2 fully saturated rings. The Bertz CT molecular complexity index is 1340. The molecule has 2 aromatic carbocycles. The van der Waals surface area contributed by atoms with E-state index in [1.54, 1.807) is 4.90 Å². The third kappa shape index (κ3) is 10.4. The van der Waals surface area contributed by atoms with Gasteiger partial charge in [-0.25, -0.2) is 26.3 Å². The van der Waals surface area contributed by atoms with Gasteiger partial charge in [0.25, 0.3) is 5.69 Å². The second kappa shape index (κ2) is 15.8. The maximum absolute atomic E-state index is 14.0. The first-order chi connectivity index (χ1) is 21.3. The Balaban J connectivity index is 0.000000251. The Labute approximate surface area is 283 Å². The molecule has 0 atom stereocenters. The zero-order chi connectivity index (χ0) is 34.6. The Morgan fingerprint density at radius 1 is 0.783 bits per heavy atom. The van der Waals surface area contributed by atoms with Crippen molar-refractivity contribution in [3.63, 3.8) is 0 Å². The van der Waals surface area contributed by atoms with Gasteiger partial charge in [-0.2, -0.15) is 0 Å². The van der Waals surface area contributed by atoms with Crippen LogP contribution in [0.3, 0.4) is 0 Å². The fraction of sp³-hybridized carbons (Fsp3) is 0.625. The van der Waals surface area contributed by atoms with Crippen LogP contribution >= 0.6 is 31.9 Å². The fourth-order valence-electron chi connectivity index (χ4n) is 6.05. The predicted octanol–water partition coefficient (Wildman–Crippen LogP) is 10.7. The molecule has 0 bridgehead atoms. The molecule has 0 saturated heterocycles.